The van der Waals surface area contributed by atoms with Gasteiger partial charge in [0, 0.05) is 24.2 Å². The fourth-order valence-electron chi connectivity index (χ4n) is 4.02. The normalized spacial score (nSPS) is 25.6. The number of nitro groups is 1. The minimum absolute atomic E-state index is 0.00527. The fraction of sp³-hybridized carbons (Fsp3) is 0.500. The van der Waals surface area contributed by atoms with Crippen LogP contribution in [0.15, 0.2) is 18.2 Å². The smallest absolute Gasteiger partial charge is 0.311 e. The van der Waals surface area contributed by atoms with E-state index in [1.165, 1.54) is 18.2 Å². The van der Waals surface area contributed by atoms with E-state index in [1.807, 2.05) is 4.90 Å². The van der Waals surface area contributed by atoms with Crippen LogP contribution in [0, 0.1) is 21.4 Å². The molecular formula is C16H18ClN3O5. The van der Waals surface area contributed by atoms with Crippen LogP contribution in [0.4, 0.5) is 11.4 Å². The first-order valence-electron chi connectivity index (χ1n) is 8.01. The van der Waals surface area contributed by atoms with E-state index in [9.17, 15) is 24.8 Å². The third kappa shape index (κ3) is 3.32. The second-order valence-corrected chi connectivity index (χ2v) is 7.12. The molecule has 1 aromatic rings. The summed E-state index contributed by atoms with van der Waals surface area (Å²) in [5.74, 6) is -1.15. The Hall–Kier alpha value is -2.19. The summed E-state index contributed by atoms with van der Waals surface area (Å²) in [5, 5.41) is 23.4. The van der Waals surface area contributed by atoms with Gasteiger partial charge < -0.3 is 10.4 Å². The van der Waals surface area contributed by atoms with Crippen LogP contribution in [0.25, 0.3) is 0 Å². The lowest BCUT2D eigenvalue weighted by Crippen LogP contribution is -2.37. The highest BCUT2D eigenvalue weighted by molar-refractivity contribution is 6.31. The van der Waals surface area contributed by atoms with Crippen molar-refractivity contribution in [3.05, 3.63) is 33.3 Å². The van der Waals surface area contributed by atoms with Gasteiger partial charge in [0.2, 0.25) is 5.91 Å². The third-order valence-corrected chi connectivity index (χ3v) is 5.40. The number of fused-ring (bicyclic) bond motifs is 1. The molecule has 1 aliphatic heterocycles. The van der Waals surface area contributed by atoms with Crippen molar-refractivity contribution < 1.29 is 19.6 Å². The lowest BCUT2D eigenvalue weighted by atomic mass is 9.81. The number of nitrogens with zero attached hydrogens (tertiary/aromatic N) is 2. The number of nitrogens with one attached hydrogen (secondary N) is 1. The van der Waals surface area contributed by atoms with Crippen molar-refractivity contribution in [2.24, 2.45) is 11.3 Å². The quantitative estimate of drug-likeness (QED) is 0.610. The minimum Gasteiger partial charge on any atom is -0.481 e. The van der Waals surface area contributed by atoms with Crippen molar-refractivity contribution in [1.82, 2.24) is 4.90 Å². The van der Waals surface area contributed by atoms with Crippen LogP contribution >= 0.6 is 11.6 Å². The van der Waals surface area contributed by atoms with E-state index in [0.29, 0.717) is 19.5 Å². The van der Waals surface area contributed by atoms with Gasteiger partial charge in [0.1, 0.15) is 5.69 Å². The summed E-state index contributed by atoms with van der Waals surface area (Å²) in [4.78, 5) is 36.2. The number of carbonyl (C=O) groups excluding carboxylic acids is 1. The zero-order valence-electron chi connectivity index (χ0n) is 13.4. The first kappa shape index (κ1) is 17.6. The molecule has 0 radical (unpaired) electrons. The number of amides is 1. The predicted octanol–water partition coefficient (Wildman–Crippen LogP) is 2.37. The van der Waals surface area contributed by atoms with Gasteiger partial charge in [-0.25, -0.2) is 0 Å². The number of carboxylic acid groups (broad SMARTS) is 1. The summed E-state index contributed by atoms with van der Waals surface area (Å²) in [7, 11) is 0. The molecule has 0 unspecified atom stereocenters. The van der Waals surface area contributed by atoms with Crippen molar-refractivity contribution in [2.75, 3.05) is 25.0 Å². The maximum absolute atomic E-state index is 12.3. The number of halogens is 1. The Balaban J connectivity index is 1.67. The molecule has 25 heavy (non-hydrogen) atoms. The van der Waals surface area contributed by atoms with Crippen molar-refractivity contribution in [3.8, 4) is 0 Å². The molecule has 1 aliphatic carbocycles. The van der Waals surface area contributed by atoms with Gasteiger partial charge in [0.25, 0.3) is 5.69 Å². The molecule has 134 valence electrons. The van der Waals surface area contributed by atoms with Gasteiger partial charge in [-0.15, -0.1) is 0 Å². The highest BCUT2D eigenvalue weighted by Crippen LogP contribution is 2.48. The number of carboxylic acids is 1. The molecule has 2 atom stereocenters. The topological polar surface area (TPSA) is 113 Å². The SMILES string of the molecule is O=C(CN1C[C@@H]2CCC[C@@]2(C(=O)O)C1)Nc1ccc(Cl)cc1[N+](=O)[O-]. The van der Waals surface area contributed by atoms with Crippen molar-refractivity contribution in [1.29, 1.82) is 0 Å². The van der Waals surface area contributed by atoms with E-state index < -0.39 is 22.2 Å². The molecule has 1 saturated carbocycles. The molecule has 2 aliphatic rings. The molecule has 1 heterocycles. The van der Waals surface area contributed by atoms with Crippen LogP contribution in [0.1, 0.15) is 19.3 Å². The summed E-state index contributed by atoms with van der Waals surface area (Å²) in [6.07, 6.45) is 2.38. The number of anilines is 1. The number of rotatable bonds is 5. The molecule has 2 N–H and O–H groups in total. The zero-order chi connectivity index (χ0) is 18.2. The number of carbonyl (C=O) groups is 2. The molecule has 3 rings (SSSR count). The van der Waals surface area contributed by atoms with Gasteiger partial charge in [-0.05, 0) is 30.9 Å². The van der Waals surface area contributed by atoms with Crippen molar-refractivity contribution >= 4 is 34.9 Å². The number of benzene rings is 1. The molecule has 1 saturated heterocycles. The van der Waals surface area contributed by atoms with Crippen LogP contribution < -0.4 is 5.32 Å². The monoisotopic (exact) mass is 367 g/mol. The summed E-state index contributed by atoms with van der Waals surface area (Å²) in [6, 6.07) is 4.02. The predicted molar refractivity (Wildman–Crippen MR) is 90.6 cm³/mol. The van der Waals surface area contributed by atoms with E-state index in [4.69, 9.17) is 11.6 Å². The highest BCUT2D eigenvalue weighted by atomic mass is 35.5. The van der Waals surface area contributed by atoms with E-state index in [1.54, 1.807) is 0 Å². The van der Waals surface area contributed by atoms with Crippen LogP contribution in [0.3, 0.4) is 0 Å². The first-order chi connectivity index (χ1) is 11.8. The Morgan fingerprint density at radius 2 is 2.24 bits per heavy atom. The molecular weight excluding hydrogens is 350 g/mol. The Labute approximate surface area is 148 Å². The van der Waals surface area contributed by atoms with Gasteiger partial charge in [0.05, 0.1) is 16.9 Å². The lowest BCUT2D eigenvalue weighted by Gasteiger charge is -2.23. The van der Waals surface area contributed by atoms with Gasteiger partial charge in [-0.2, -0.15) is 0 Å². The number of hydrogen-bond donors (Lipinski definition) is 2. The van der Waals surface area contributed by atoms with Gasteiger partial charge in [0.15, 0.2) is 0 Å². The fourth-order valence-corrected chi connectivity index (χ4v) is 4.18. The van der Waals surface area contributed by atoms with Crippen LogP contribution in [-0.2, 0) is 9.59 Å². The summed E-state index contributed by atoms with van der Waals surface area (Å²) in [5.41, 5.74) is -0.958. The Bertz CT molecular complexity index is 740. The van der Waals surface area contributed by atoms with Crippen molar-refractivity contribution in [3.63, 3.8) is 0 Å². The molecule has 2 fully saturated rings. The molecule has 0 bridgehead atoms. The van der Waals surface area contributed by atoms with E-state index in [-0.39, 0.29) is 28.9 Å². The maximum atomic E-state index is 12.3. The second kappa shape index (κ2) is 6.61. The van der Waals surface area contributed by atoms with E-state index in [0.717, 1.165) is 12.8 Å². The van der Waals surface area contributed by atoms with Crippen LogP contribution in [0.5, 0.6) is 0 Å². The molecule has 1 amide bonds. The van der Waals surface area contributed by atoms with Crippen LogP contribution in [0.2, 0.25) is 5.02 Å². The highest BCUT2D eigenvalue weighted by Gasteiger charge is 2.54. The molecule has 9 heteroatoms. The van der Waals surface area contributed by atoms with Crippen LogP contribution in [-0.4, -0.2) is 46.4 Å². The number of hydrogen-bond acceptors (Lipinski definition) is 5. The summed E-state index contributed by atoms with van der Waals surface area (Å²) in [6.45, 7) is 0.900. The van der Waals surface area contributed by atoms with Gasteiger partial charge >= 0.3 is 5.97 Å². The first-order valence-corrected chi connectivity index (χ1v) is 8.39. The zero-order valence-corrected chi connectivity index (χ0v) is 14.2. The molecule has 1 aromatic carbocycles. The minimum atomic E-state index is -0.800. The number of likely N-dealkylation sites (tertiary alicyclic amines) is 1. The summed E-state index contributed by atoms with van der Waals surface area (Å²) < 4.78 is 0. The molecule has 0 aromatic heterocycles. The van der Waals surface area contributed by atoms with Gasteiger partial charge in [-0.3, -0.25) is 24.6 Å². The lowest BCUT2D eigenvalue weighted by molar-refractivity contribution is -0.383. The molecule has 0 spiro atoms. The average Bonchev–Trinajstić information content (AvgIpc) is 3.06. The second-order valence-electron chi connectivity index (χ2n) is 6.69. The van der Waals surface area contributed by atoms with E-state index >= 15 is 0 Å². The largest absolute Gasteiger partial charge is 0.481 e. The average molecular weight is 368 g/mol. The van der Waals surface area contributed by atoms with E-state index in [2.05, 4.69) is 5.32 Å². The molecule has 8 nitrogen and oxygen atoms in total. The Kier molecular flexibility index (Phi) is 4.66. The summed E-state index contributed by atoms with van der Waals surface area (Å²) >= 11 is 5.75. The number of nitro benzene ring substituents is 1. The van der Waals surface area contributed by atoms with Gasteiger partial charge in [-0.1, -0.05) is 18.0 Å². The number of aliphatic carboxylic acids is 1. The third-order valence-electron chi connectivity index (χ3n) is 5.16. The Morgan fingerprint density at radius 1 is 1.48 bits per heavy atom. The standard InChI is InChI=1S/C16H18ClN3O5/c17-11-3-4-12(13(6-11)20(24)25)18-14(21)8-19-7-10-2-1-5-16(10,9-19)15(22)23/h3-4,6,10H,1-2,5,7-9H2,(H,18,21)(H,22,23)/t10-,16+/m0/s1. The van der Waals surface area contributed by atoms with Crippen molar-refractivity contribution in [2.45, 2.75) is 19.3 Å². The maximum Gasteiger partial charge on any atom is 0.311 e. The Morgan fingerprint density at radius 3 is 2.88 bits per heavy atom.